The lowest BCUT2D eigenvalue weighted by atomic mass is 10.2. The number of hydrogen-bond acceptors (Lipinski definition) is 6. The zero-order valence-corrected chi connectivity index (χ0v) is 13.3. The number of nitrogens with zero attached hydrogens (tertiary/aromatic N) is 5. The van der Waals surface area contributed by atoms with Crippen molar-refractivity contribution in [3.8, 4) is 17.5 Å². The van der Waals surface area contributed by atoms with Gasteiger partial charge in [0.05, 0.1) is 18.2 Å². The van der Waals surface area contributed by atoms with Gasteiger partial charge in [-0.25, -0.2) is 0 Å². The van der Waals surface area contributed by atoms with Crippen LogP contribution in [0.4, 0.5) is 0 Å². The predicted molar refractivity (Wildman–Crippen MR) is 87.4 cm³/mol. The van der Waals surface area contributed by atoms with Gasteiger partial charge < -0.3 is 5.32 Å². The van der Waals surface area contributed by atoms with Crippen molar-refractivity contribution < 1.29 is 4.79 Å². The Bertz CT molecular complexity index is 707. The van der Waals surface area contributed by atoms with E-state index in [-0.39, 0.29) is 11.7 Å². The van der Waals surface area contributed by atoms with Crippen LogP contribution in [0, 0.1) is 11.3 Å². The van der Waals surface area contributed by atoms with E-state index in [9.17, 15) is 4.79 Å². The van der Waals surface area contributed by atoms with Crippen LogP contribution in [0.15, 0.2) is 42.3 Å². The van der Waals surface area contributed by atoms with Gasteiger partial charge in [0, 0.05) is 31.0 Å². The van der Waals surface area contributed by atoms with Crippen molar-refractivity contribution in [2.45, 2.75) is 18.1 Å². The summed E-state index contributed by atoms with van der Waals surface area (Å²) in [6.07, 6.45) is 5.44. The number of aromatic nitrogens is 4. The number of thioether (sulfide) groups is 1. The minimum absolute atomic E-state index is 0.135. The number of nitriles is 1. The maximum atomic E-state index is 11.7. The molecule has 118 valence electrons. The summed E-state index contributed by atoms with van der Waals surface area (Å²) in [6.45, 7) is 4.65. The molecule has 0 fully saturated rings. The lowest BCUT2D eigenvalue weighted by Crippen LogP contribution is -2.26. The number of rotatable bonds is 8. The van der Waals surface area contributed by atoms with Gasteiger partial charge in [-0.05, 0) is 12.1 Å². The van der Waals surface area contributed by atoms with Crippen molar-refractivity contribution in [3.05, 3.63) is 37.2 Å². The molecule has 2 aromatic rings. The molecule has 2 aromatic heterocycles. The highest BCUT2D eigenvalue weighted by Gasteiger charge is 2.14. The van der Waals surface area contributed by atoms with E-state index in [2.05, 4.69) is 27.1 Å². The molecule has 1 amide bonds. The monoisotopic (exact) mass is 328 g/mol. The average Bonchev–Trinajstić information content (AvgIpc) is 2.97. The molecule has 0 radical (unpaired) electrons. The van der Waals surface area contributed by atoms with Crippen molar-refractivity contribution in [2.75, 3.05) is 12.3 Å². The Morgan fingerprint density at radius 2 is 2.22 bits per heavy atom. The van der Waals surface area contributed by atoms with E-state index in [4.69, 9.17) is 5.26 Å². The van der Waals surface area contributed by atoms with Gasteiger partial charge >= 0.3 is 0 Å². The summed E-state index contributed by atoms with van der Waals surface area (Å²) < 4.78 is 1.90. The zero-order chi connectivity index (χ0) is 16.5. The van der Waals surface area contributed by atoms with Gasteiger partial charge in [0.25, 0.3) is 0 Å². The fourth-order valence-electron chi connectivity index (χ4n) is 1.84. The standard InChI is InChI=1S/C15H16N6OS/c1-2-10-21-14(12-4-8-17-9-5-12)19-20-15(21)23-11-13(22)18-7-3-6-16/h2,4-5,8-9H,1,3,7,10-11H2,(H,18,22). The number of hydrogen-bond donors (Lipinski definition) is 1. The molecule has 23 heavy (non-hydrogen) atoms. The summed E-state index contributed by atoms with van der Waals surface area (Å²) >= 11 is 1.30. The highest BCUT2D eigenvalue weighted by atomic mass is 32.2. The van der Waals surface area contributed by atoms with Gasteiger partial charge in [-0.2, -0.15) is 5.26 Å². The van der Waals surface area contributed by atoms with Crippen molar-refractivity contribution in [1.29, 1.82) is 5.26 Å². The van der Waals surface area contributed by atoms with Crippen LogP contribution in [0.3, 0.4) is 0 Å². The Balaban J connectivity index is 2.08. The average molecular weight is 328 g/mol. The highest BCUT2D eigenvalue weighted by molar-refractivity contribution is 7.99. The summed E-state index contributed by atoms with van der Waals surface area (Å²) in [5, 5.41) is 20.1. The Kier molecular flexibility index (Phi) is 6.32. The molecule has 0 saturated heterocycles. The number of nitrogens with one attached hydrogen (secondary N) is 1. The largest absolute Gasteiger partial charge is 0.354 e. The quantitative estimate of drug-likeness (QED) is 0.449. The molecule has 0 aliphatic rings. The Labute approximate surface area is 138 Å². The fourth-order valence-corrected chi connectivity index (χ4v) is 2.62. The van der Waals surface area contributed by atoms with Gasteiger partial charge in [-0.1, -0.05) is 17.8 Å². The first-order chi connectivity index (χ1) is 11.3. The lowest BCUT2D eigenvalue weighted by Gasteiger charge is -2.07. The molecule has 0 aliphatic carbocycles. The van der Waals surface area contributed by atoms with E-state index in [1.807, 2.05) is 22.8 Å². The van der Waals surface area contributed by atoms with Crippen LogP contribution >= 0.6 is 11.8 Å². The third-order valence-corrected chi connectivity index (χ3v) is 3.83. The minimum Gasteiger partial charge on any atom is -0.354 e. The van der Waals surface area contributed by atoms with Gasteiger partial charge in [0.2, 0.25) is 5.91 Å². The molecule has 2 rings (SSSR count). The van der Waals surface area contributed by atoms with Crippen molar-refractivity contribution in [2.24, 2.45) is 0 Å². The van der Waals surface area contributed by atoms with Crippen molar-refractivity contribution in [3.63, 3.8) is 0 Å². The topological polar surface area (TPSA) is 96.5 Å². The normalized spacial score (nSPS) is 10.0. The third kappa shape index (κ3) is 4.66. The third-order valence-electron chi connectivity index (χ3n) is 2.86. The summed E-state index contributed by atoms with van der Waals surface area (Å²) in [5.41, 5.74) is 0.902. The van der Waals surface area contributed by atoms with Crippen LogP contribution in [0.25, 0.3) is 11.4 Å². The molecule has 2 heterocycles. The summed E-state index contributed by atoms with van der Waals surface area (Å²) in [7, 11) is 0. The Morgan fingerprint density at radius 1 is 1.43 bits per heavy atom. The lowest BCUT2D eigenvalue weighted by molar-refractivity contribution is -0.118. The first-order valence-corrected chi connectivity index (χ1v) is 7.95. The van der Waals surface area contributed by atoms with E-state index in [0.29, 0.717) is 30.5 Å². The van der Waals surface area contributed by atoms with Crippen molar-refractivity contribution in [1.82, 2.24) is 25.1 Å². The van der Waals surface area contributed by atoms with Crippen LogP contribution in [0.1, 0.15) is 6.42 Å². The van der Waals surface area contributed by atoms with E-state index in [1.165, 1.54) is 11.8 Å². The molecule has 0 spiro atoms. The van der Waals surface area contributed by atoms with E-state index in [0.717, 1.165) is 5.56 Å². The first kappa shape index (κ1) is 16.7. The first-order valence-electron chi connectivity index (χ1n) is 6.97. The second-order valence-corrected chi connectivity index (χ2v) is 5.43. The number of pyridine rings is 1. The molecule has 1 N–H and O–H groups in total. The maximum Gasteiger partial charge on any atom is 0.230 e. The number of amides is 1. The maximum absolute atomic E-state index is 11.7. The molecular formula is C15H16N6OS. The Morgan fingerprint density at radius 3 is 2.91 bits per heavy atom. The minimum atomic E-state index is -0.135. The Hall–Kier alpha value is -2.66. The summed E-state index contributed by atoms with van der Waals surface area (Å²) in [6, 6.07) is 5.69. The van der Waals surface area contributed by atoms with Crippen LogP contribution in [0.5, 0.6) is 0 Å². The SMILES string of the molecule is C=CCn1c(SCC(=O)NCCC#N)nnc1-c1ccncc1. The number of carbonyl (C=O) groups excluding carboxylic acids is 1. The van der Waals surface area contributed by atoms with Gasteiger partial charge in [0.15, 0.2) is 11.0 Å². The molecular weight excluding hydrogens is 312 g/mol. The predicted octanol–water partition coefficient (Wildman–Crippen LogP) is 1.65. The molecule has 7 nitrogen and oxygen atoms in total. The van der Waals surface area contributed by atoms with Crippen molar-refractivity contribution >= 4 is 17.7 Å². The number of allylic oxidation sites excluding steroid dienone is 1. The van der Waals surface area contributed by atoms with Gasteiger partial charge in [0.1, 0.15) is 0 Å². The van der Waals surface area contributed by atoms with Crippen LogP contribution in [-0.2, 0) is 11.3 Å². The van der Waals surface area contributed by atoms with Crippen LogP contribution < -0.4 is 5.32 Å². The summed E-state index contributed by atoms with van der Waals surface area (Å²) in [4.78, 5) is 15.7. The van der Waals surface area contributed by atoms with Gasteiger partial charge in [-0.3, -0.25) is 14.3 Å². The zero-order valence-electron chi connectivity index (χ0n) is 12.5. The molecule has 0 aliphatic heterocycles. The summed E-state index contributed by atoms with van der Waals surface area (Å²) in [5.74, 6) is 0.792. The second kappa shape index (κ2) is 8.70. The number of carbonyl (C=O) groups is 1. The van der Waals surface area contributed by atoms with E-state index >= 15 is 0 Å². The van der Waals surface area contributed by atoms with Crippen LogP contribution in [-0.4, -0.2) is 38.0 Å². The highest BCUT2D eigenvalue weighted by Crippen LogP contribution is 2.23. The smallest absolute Gasteiger partial charge is 0.230 e. The molecule has 0 bridgehead atoms. The molecule has 0 unspecified atom stereocenters. The van der Waals surface area contributed by atoms with Gasteiger partial charge in [-0.15, -0.1) is 16.8 Å². The molecule has 8 heteroatoms. The molecule has 0 saturated carbocycles. The second-order valence-electron chi connectivity index (χ2n) is 4.49. The molecule has 0 aromatic carbocycles. The fraction of sp³-hybridized carbons (Fsp3) is 0.267. The van der Waals surface area contributed by atoms with E-state index < -0.39 is 0 Å². The van der Waals surface area contributed by atoms with Crippen LogP contribution in [0.2, 0.25) is 0 Å². The van der Waals surface area contributed by atoms with E-state index in [1.54, 1.807) is 18.5 Å². The molecule has 0 atom stereocenters.